The normalized spacial score (nSPS) is 26.1. The highest BCUT2D eigenvalue weighted by Crippen LogP contribution is 2.43. The largest absolute Gasteiger partial charge is 0.378 e. The lowest BCUT2D eigenvalue weighted by Crippen LogP contribution is -2.62. The van der Waals surface area contributed by atoms with E-state index >= 15 is 0 Å². The van der Waals surface area contributed by atoms with Crippen molar-refractivity contribution in [3.8, 4) is 0 Å². The third kappa shape index (κ3) is 3.36. The molecular formula is C17H26ClNO. The summed E-state index contributed by atoms with van der Waals surface area (Å²) in [6, 6.07) is 9.04. The lowest BCUT2D eigenvalue weighted by atomic mass is 9.64. The predicted octanol–water partition coefficient (Wildman–Crippen LogP) is 4.06. The Labute approximate surface area is 127 Å². The fourth-order valence-electron chi connectivity index (χ4n) is 3.05. The summed E-state index contributed by atoms with van der Waals surface area (Å²) in [5, 5.41) is 4.59. The molecule has 0 aliphatic heterocycles. The molecule has 0 saturated heterocycles. The van der Waals surface area contributed by atoms with Crippen molar-refractivity contribution >= 4 is 11.6 Å². The molecule has 1 aliphatic rings. The van der Waals surface area contributed by atoms with E-state index < -0.39 is 0 Å². The Morgan fingerprint density at radius 2 is 2.10 bits per heavy atom. The Bertz CT molecular complexity index is 446. The first-order chi connectivity index (χ1) is 9.45. The molecule has 0 amide bonds. The van der Waals surface area contributed by atoms with Crippen molar-refractivity contribution in [3.05, 3.63) is 34.9 Å². The van der Waals surface area contributed by atoms with Crippen molar-refractivity contribution in [3.63, 3.8) is 0 Å². The standard InChI is InChI=1S/C17H26ClNO/c1-5-20-16-11-15(17(16,3)4)19-12(2)10-13-8-6-7-9-14(13)18/h6-9,12,15-16,19H,5,10-11H2,1-4H3. The molecule has 2 nitrogen and oxygen atoms in total. The number of hydrogen-bond donors (Lipinski definition) is 1. The molecule has 1 aliphatic carbocycles. The van der Waals surface area contributed by atoms with E-state index in [4.69, 9.17) is 16.3 Å². The van der Waals surface area contributed by atoms with Crippen LogP contribution in [-0.4, -0.2) is 24.8 Å². The van der Waals surface area contributed by atoms with Crippen molar-refractivity contribution in [2.75, 3.05) is 6.61 Å². The topological polar surface area (TPSA) is 21.3 Å². The minimum atomic E-state index is 0.213. The van der Waals surface area contributed by atoms with E-state index in [-0.39, 0.29) is 5.41 Å². The lowest BCUT2D eigenvalue weighted by Gasteiger charge is -2.52. The maximum atomic E-state index is 6.23. The van der Waals surface area contributed by atoms with Crippen LogP contribution in [0.4, 0.5) is 0 Å². The van der Waals surface area contributed by atoms with Crippen LogP contribution >= 0.6 is 11.6 Å². The lowest BCUT2D eigenvalue weighted by molar-refractivity contribution is -0.116. The van der Waals surface area contributed by atoms with Crippen molar-refractivity contribution in [1.82, 2.24) is 5.32 Å². The van der Waals surface area contributed by atoms with Crippen LogP contribution in [0, 0.1) is 5.41 Å². The molecule has 1 N–H and O–H groups in total. The average Bonchev–Trinajstić information content (AvgIpc) is 2.40. The summed E-state index contributed by atoms with van der Waals surface area (Å²) >= 11 is 6.23. The van der Waals surface area contributed by atoms with Crippen LogP contribution in [0.25, 0.3) is 0 Å². The Morgan fingerprint density at radius 1 is 1.40 bits per heavy atom. The molecule has 1 aromatic carbocycles. The van der Waals surface area contributed by atoms with Gasteiger partial charge in [-0.1, -0.05) is 43.6 Å². The van der Waals surface area contributed by atoms with Crippen LogP contribution in [-0.2, 0) is 11.2 Å². The summed E-state index contributed by atoms with van der Waals surface area (Å²) in [7, 11) is 0. The summed E-state index contributed by atoms with van der Waals surface area (Å²) in [5.41, 5.74) is 1.43. The van der Waals surface area contributed by atoms with Crippen molar-refractivity contribution in [1.29, 1.82) is 0 Å². The van der Waals surface area contributed by atoms with Gasteiger partial charge in [0.05, 0.1) is 6.10 Å². The van der Waals surface area contributed by atoms with Crippen LogP contribution in [0.15, 0.2) is 24.3 Å². The molecule has 3 atom stereocenters. The van der Waals surface area contributed by atoms with Gasteiger partial charge in [0.25, 0.3) is 0 Å². The zero-order valence-corrected chi connectivity index (χ0v) is 13.7. The van der Waals surface area contributed by atoms with Crippen molar-refractivity contribution < 1.29 is 4.74 Å². The van der Waals surface area contributed by atoms with Gasteiger partial charge in [-0.3, -0.25) is 0 Å². The van der Waals surface area contributed by atoms with E-state index in [0.717, 1.165) is 24.5 Å². The Balaban J connectivity index is 1.87. The fourth-order valence-corrected chi connectivity index (χ4v) is 3.26. The summed E-state index contributed by atoms with van der Waals surface area (Å²) in [5.74, 6) is 0. The van der Waals surface area contributed by atoms with Crippen LogP contribution in [0.2, 0.25) is 5.02 Å². The molecule has 1 aromatic rings. The monoisotopic (exact) mass is 295 g/mol. The van der Waals surface area contributed by atoms with Crippen molar-refractivity contribution in [2.24, 2.45) is 5.41 Å². The fraction of sp³-hybridized carbons (Fsp3) is 0.647. The first-order valence-corrected chi connectivity index (χ1v) is 7.94. The van der Waals surface area contributed by atoms with Crippen molar-refractivity contribution in [2.45, 2.75) is 58.7 Å². The summed E-state index contributed by atoms with van der Waals surface area (Å²) in [6.45, 7) is 9.67. The number of rotatable bonds is 6. The minimum absolute atomic E-state index is 0.213. The van der Waals surface area contributed by atoms with Gasteiger partial charge in [-0.2, -0.15) is 0 Å². The second-order valence-electron chi connectivity index (χ2n) is 6.42. The van der Waals surface area contributed by atoms with Gasteiger partial charge in [0.2, 0.25) is 0 Å². The van der Waals surface area contributed by atoms with Gasteiger partial charge in [0.15, 0.2) is 0 Å². The molecule has 0 bridgehead atoms. The van der Waals surface area contributed by atoms with Gasteiger partial charge < -0.3 is 10.1 Å². The van der Waals surface area contributed by atoms with Gasteiger partial charge in [0, 0.05) is 29.1 Å². The molecule has 20 heavy (non-hydrogen) atoms. The number of benzene rings is 1. The van der Waals surface area contributed by atoms with E-state index in [2.05, 4.69) is 39.1 Å². The number of halogens is 1. The van der Waals surface area contributed by atoms with Crippen LogP contribution < -0.4 is 5.32 Å². The molecule has 3 unspecified atom stereocenters. The SMILES string of the molecule is CCOC1CC(NC(C)Cc2ccccc2Cl)C1(C)C. The molecule has 1 saturated carbocycles. The molecular weight excluding hydrogens is 270 g/mol. The van der Waals surface area contributed by atoms with E-state index in [1.54, 1.807) is 0 Å². The van der Waals surface area contributed by atoms with Gasteiger partial charge in [0.1, 0.15) is 0 Å². The number of hydrogen-bond acceptors (Lipinski definition) is 2. The van der Waals surface area contributed by atoms with E-state index in [1.807, 2.05) is 18.2 Å². The second-order valence-corrected chi connectivity index (χ2v) is 6.82. The molecule has 112 valence electrons. The molecule has 1 fully saturated rings. The molecule has 0 aromatic heterocycles. The smallest absolute Gasteiger partial charge is 0.0655 e. The zero-order chi connectivity index (χ0) is 14.8. The molecule has 0 heterocycles. The first kappa shape index (κ1) is 15.8. The third-order valence-corrected chi connectivity index (χ3v) is 4.88. The minimum Gasteiger partial charge on any atom is -0.378 e. The molecule has 0 radical (unpaired) electrons. The molecule has 2 rings (SSSR count). The highest BCUT2D eigenvalue weighted by atomic mass is 35.5. The van der Waals surface area contributed by atoms with Gasteiger partial charge >= 0.3 is 0 Å². The first-order valence-electron chi connectivity index (χ1n) is 7.56. The predicted molar refractivity (Wildman–Crippen MR) is 85.4 cm³/mol. The van der Waals surface area contributed by atoms with Crippen LogP contribution in [0.3, 0.4) is 0 Å². The summed E-state index contributed by atoms with van der Waals surface area (Å²) < 4.78 is 5.78. The third-order valence-electron chi connectivity index (χ3n) is 4.52. The Kier molecular flexibility index (Phi) is 5.11. The van der Waals surface area contributed by atoms with Gasteiger partial charge in [-0.15, -0.1) is 0 Å². The highest BCUT2D eigenvalue weighted by Gasteiger charge is 2.48. The van der Waals surface area contributed by atoms with E-state index in [9.17, 15) is 0 Å². The zero-order valence-electron chi connectivity index (χ0n) is 12.9. The molecule has 0 spiro atoms. The average molecular weight is 296 g/mol. The Morgan fingerprint density at radius 3 is 2.70 bits per heavy atom. The number of ether oxygens (including phenoxy) is 1. The van der Waals surface area contributed by atoms with E-state index in [0.29, 0.717) is 18.2 Å². The Hall–Kier alpha value is -0.570. The van der Waals surface area contributed by atoms with Crippen LogP contribution in [0.5, 0.6) is 0 Å². The number of nitrogens with one attached hydrogen (secondary N) is 1. The summed E-state index contributed by atoms with van der Waals surface area (Å²) in [4.78, 5) is 0. The quantitative estimate of drug-likeness (QED) is 0.854. The highest BCUT2D eigenvalue weighted by molar-refractivity contribution is 6.31. The maximum Gasteiger partial charge on any atom is 0.0655 e. The second kappa shape index (κ2) is 6.46. The van der Waals surface area contributed by atoms with E-state index in [1.165, 1.54) is 5.56 Å². The maximum absolute atomic E-state index is 6.23. The summed E-state index contributed by atoms with van der Waals surface area (Å²) in [6.07, 6.45) is 2.46. The van der Waals surface area contributed by atoms with Crippen LogP contribution in [0.1, 0.15) is 39.7 Å². The van der Waals surface area contributed by atoms with Gasteiger partial charge in [-0.25, -0.2) is 0 Å². The molecule has 3 heteroatoms. The van der Waals surface area contributed by atoms with Gasteiger partial charge in [-0.05, 0) is 38.3 Å².